The van der Waals surface area contributed by atoms with Crippen LogP contribution >= 0.6 is 0 Å². The Bertz CT molecular complexity index is 499. The van der Waals surface area contributed by atoms with E-state index in [1.54, 1.807) is 20.3 Å². The summed E-state index contributed by atoms with van der Waals surface area (Å²) in [5.41, 5.74) is 8.37. The molecule has 1 aliphatic carbocycles. The fourth-order valence-electron chi connectivity index (χ4n) is 2.68. The summed E-state index contributed by atoms with van der Waals surface area (Å²) in [5, 5.41) is 9.10. The molecule has 1 aliphatic rings. The molecule has 0 spiro atoms. The summed E-state index contributed by atoms with van der Waals surface area (Å²) in [6.45, 7) is 0. The van der Waals surface area contributed by atoms with Crippen LogP contribution in [-0.2, 0) is 17.6 Å². The van der Waals surface area contributed by atoms with Crippen LogP contribution in [0.3, 0.4) is 0 Å². The third kappa shape index (κ3) is 2.38. The smallest absolute Gasteiger partial charge is 0.325 e. The van der Waals surface area contributed by atoms with Crippen molar-refractivity contribution < 1.29 is 19.4 Å². The van der Waals surface area contributed by atoms with Crippen molar-refractivity contribution in [3.05, 3.63) is 22.8 Å². The van der Waals surface area contributed by atoms with Gasteiger partial charge in [0.2, 0.25) is 0 Å². The monoisotopic (exact) mass is 265 g/mol. The third-order valence-corrected chi connectivity index (χ3v) is 3.61. The summed E-state index contributed by atoms with van der Waals surface area (Å²) in [5.74, 6) is 0.240. The minimum absolute atomic E-state index is 0.479. The molecule has 1 atom stereocenters. The first-order valence-corrected chi connectivity index (χ1v) is 6.35. The number of benzene rings is 1. The zero-order valence-electron chi connectivity index (χ0n) is 11.2. The molecule has 1 unspecified atom stereocenters. The van der Waals surface area contributed by atoms with Crippen LogP contribution in [0.5, 0.6) is 11.5 Å². The van der Waals surface area contributed by atoms with E-state index in [1.165, 1.54) is 0 Å². The maximum atomic E-state index is 11.1. The Balaban J connectivity index is 2.63. The van der Waals surface area contributed by atoms with Gasteiger partial charge in [0.1, 0.15) is 17.5 Å². The lowest BCUT2D eigenvalue weighted by Gasteiger charge is -2.24. The van der Waals surface area contributed by atoms with Crippen molar-refractivity contribution in [2.45, 2.75) is 31.7 Å². The van der Waals surface area contributed by atoms with Crippen LogP contribution in [0, 0.1) is 0 Å². The summed E-state index contributed by atoms with van der Waals surface area (Å²) >= 11 is 0. The van der Waals surface area contributed by atoms with Gasteiger partial charge in [0.25, 0.3) is 0 Å². The van der Waals surface area contributed by atoms with E-state index in [2.05, 4.69) is 0 Å². The Morgan fingerprint density at radius 2 is 1.89 bits per heavy atom. The van der Waals surface area contributed by atoms with Gasteiger partial charge in [-0.15, -0.1) is 0 Å². The van der Waals surface area contributed by atoms with Crippen molar-refractivity contribution in [3.8, 4) is 11.5 Å². The summed E-state index contributed by atoms with van der Waals surface area (Å²) in [6.07, 6.45) is 3.97. The molecular formula is C14H19NO4. The van der Waals surface area contributed by atoms with Crippen LogP contribution in [0.4, 0.5) is 0 Å². The molecule has 0 saturated carbocycles. The first-order chi connectivity index (χ1) is 9.10. The van der Waals surface area contributed by atoms with Crippen molar-refractivity contribution in [1.29, 1.82) is 0 Å². The van der Waals surface area contributed by atoms with E-state index in [0.717, 1.165) is 36.8 Å². The Morgan fingerprint density at radius 1 is 1.26 bits per heavy atom. The van der Waals surface area contributed by atoms with Gasteiger partial charge in [-0.3, -0.25) is 4.79 Å². The second-order valence-electron chi connectivity index (χ2n) is 4.68. The van der Waals surface area contributed by atoms with Gasteiger partial charge in [-0.1, -0.05) is 0 Å². The minimum atomic E-state index is -1.10. The van der Waals surface area contributed by atoms with E-state index < -0.39 is 12.0 Å². The summed E-state index contributed by atoms with van der Waals surface area (Å²) < 4.78 is 10.8. The van der Waals surface area contributed by atoms with Gasteiger partial charge < -0.3 is 20.3 Å². The molecule has 5 nitrogen and oxygen atoms in total. The summed E-state index contributed by atoms with van der Waals surface area (Å²) in [6, 6.07) is 0.595. The van der Waals surface area contributed by atoms with Crippen LogP contribution in [0.1, 0.15) is 35.6 Å². The van der Waals surface area contributed by atoms with Gasteiger partial charge in [0, 0.05) is 16.7 Å². The highest BCUT2D eigenvalue weighted by Crippen LogP contribution is 2.40. The SMILES string of the molecule is COc1cc(C(N)C(=O)O)c(OC)c2c1CCCC2. The molecule has 19 heavy (non-hydrogen) atoms. The lowest BCUT2D eigenvalue weighted by molar-refractivity contribution is -0.138. The molecular weight excluding hydrogens is 246 g/mol. The van der Waals surface area contributed by atoms with Crippen LogP contribution in [0.2, 0.25) is 0 Å². The number of ether oxygens (including phenoxy) is 2. The number of hydrogen-bond donors (Lipinski definition) is 2. The number of carboxylic acid groups (broad SMARTS) is 1. The summed E-state index contributed by atoms with van der Waals surface area (Å²) in [7, 11) is 3.14. The van der Waals surface area contributed by atoms with Crippen molar-refractivity contribution >= 4 is 5.97 Å². The molecule has 104 valence electrons. The average molecular weight is 265 g/mol. The molecule has 1 aromatic rings. The number of hydrogen-bond acceptors (Lipinski definition) is 4. The molecule has 0 aliphatic heterocycles. The number of carbonyl (C=O) groups is 1. The quantitative estimate of drug-likeness (QED) is 0.865. The fraction of sp³-hybridized carbons (Fsp3) is 0.500. The van der Waals surface area contributed by atoms with Gasteiger partial charge in [-0.25, -0.2) is 0 Å². The van der Waals surface area contributed by atoms with Gasteiger partial charge in [-0.2, -0.15) is 0 Å². The average Bonchev–Trinajstić information content (AvgIpc) is 2.44. The van der Waals surface area contributed by atoms with E-state index in [9.17, 15) is 4.79 Å². The van der Waals surface area contributed by atoms with Crippen molar-refractivity contribution in [3.63, 3.8) is 0 Å². The molecule has 0 aromatic heterocycles. The number of fused-ring (bicyclic) bond motifs is 1. The topological polar surface area (TPSA) is 81.8 Å². The van der Waals surface area contributed by atoms with Crippen LogP contribution in [0.15, 0.2) is 6.07 Å². The lowest BCUT2D eigenvalue weighted by Crippen LogP contribution is -2.22. The molecule has 0 amide bonds. The molecule has 0 heterocycles. The van der Waals surface area contributed by atoms with Crippen LogP contribution in [0.25, 0.3) is 0 Å². The van der Waals surface area contributed by atoms with E-state index in [4.69, 9.17) is 20.3 Å². The molecule has 3 N–H and O–H groups in total. The predicted molar refractivity (Wildman–Crippen MR) is 70.8 cm³/mol. The second kappa shape index (κ2) is 5.48. The van der Waals surface area contributed by atoms with Gasteiger partial charge in [-0.05, 0) is 31.7 Å². The van der Waals surface area contributed by atoms with Gasteiger partial charge in [0.05, 0.1) is 14.2 Å². The highest BCUT2D eigenvalue weighted by molar-refractivity contribution is 5.77. The molecule has 0 bridgehead atoms. The molecule has 0 saturated heterocycles. The number of aliphatic carboxylic acids is 1. The minimum Gasteiger partial charge on any atom is -0.496 e. The number of carboxylic acids is 1. The zero-order chi connectivity index (χ0) is 14.0. The molecule has 0 fully saturated rings. The Morgan fingerprint density at radius 3 is 2.42 bits per heavy atom. The van der Waals surface area contributed by atoms with Gasteiger partial charge in [0.15, 0.2) is 0 Å². The summed E-state index contributed by atoms with van der Waals surface area (Å²) in [4.78, 5) is 11.1. The van der Waals surface area contributed by atoms with E-state index in [1.807, 2.05) is 0 Å². The number of methoxy groups -OCH3 is 2. The number of nitrogens with two attached hydrogens (primary N) is 1. The van der Waals surface area contributed by atoms with Crippen LogP contribution < -0.4 is 15.2 Å². The number of rotatable bonds is 4. The van der Waals surface area contributed by atoms with E-state index in [-0.39, 0.29) is 0 Å². The van der Waals surface area contributed by atoms with Crippen LogP contribution in [-0.4, -0.2) is 25.3 Å². The van der Waals surface area contributed by atoms with Crippen molar-refractivity contribution in [2.24, 2.45) is 5.73 Å². The molecule has 2 rings (SSSR count). The Kier molecular flexibility index (Phi) is 3.95. The maximum Gasteiger partial charge on any atom is 0.325 e. The fourth-order valence-corrected chi connectivity index (χ4v) is 2.68. The highest BCUT2D eigenvalue weighted by atomic mass is 16.5. The molecule has 5 heteroatoms. The second-order valence-corrected chi connectivity index (χ2v) is 4.68. The largest absolute Gasteiger partial charge is 0.496 e. The molecule has 1 aromatic carbocycles. The normalized spacial score (nSPS) is 15.5. The first kappa shape index (κ1) is 13.7. The lowest BCUT2D eigenvalue weighted by atomic mass is 9.87. The zero-order valence-corrected chi connectivity index (χ0v) is 11.2. The Hall–Kier alpha value is -1.75. The maximum absolute atomic E-state index is 11.1. The first-order valence-electron chi connectivity index (χ1n) is 6.35. The van der Waals surface area contributed by atoms with Crippen molar-refractivity contribution in [1.82, 2.24) is 0 Å². The van der Waals surface area contributed by atoms with Gasteiger partial charge >= 0.3 is 5.97 Å². The predicted octanol–water partition coefficient (Wildman–Crippen LogP) is 1.67. The molecule has 0 radical (unpaired) electrons. The standard InChI is InChI=1S/C14H19NO4/c1-18-11-7-10(12(15)14(16)17)13(19-2)9-6-4-3-5-8(9)11/h7,12H,3-6,15H2,1-2H3,(H,16,17). The van der Waals surface area contributed by atoms with E-state index in [0.29, 0.717) is 17.1 Å². The highest BCUT2D eigenvalue weighted by Gasteiger charge is 2.27. The van der Waals surface area contributed by atoms with Crippen molar-refractivity contribution in [2.75, 3.05) is 14.2 Å². The van der Waals surface area contributed by atoms with E-state index >= 15 is 0 Å². The third-order valence-electron chi connectivity index (χ3n) is 3.61. The Labute approximate surface area is 112 Å².